The zero-order chi connectivity index (χ0) is 12.8. The molecule has 1 aromatic carbocycles. The van der Waals surface area contributed by atoms with E-state index in [-0.39, 0.29) is 11.9 Å². The lowest BCUT2D eigenvalue weighted by atomic mass is 10.1. The normalized spacial score (nSPS) is 19.4. The second kappa shape index (κ2) is 6.75. The highest BCUT2D eigenvalue weighted by molar-refractivity contribution is 9.10. The summed E-state index contributed by atoms with van der Waals surface area (Å²) < 4.78 is 6.59. The number of halogens is 1. The van der Waals surface area contributed by atoms with Crippen molar-refractivity contribution in [1.82, 2.24) is 10.6 Å². The Bertz CT molecular complexity index is 412. The quantitative estimate of drug-likeness (QED) is 0.814. The number of carbonyl (C=O) groups excluding carboxylic acids is 1. The largest absolute Gasteiger partial charge is 0.492 e. The molecule has 0 bridgehead atoms. The van der Waals surface area contributed by atoms with E-state index in [4.69, 9.17) is 4.74 Å². The fourth-order valence-electron chi connectivity index (χ4n) is 1.93. The van der Waals surface area contributed by atoms with Gasteiger partial charge in [0.05, 0.1) is 6.04 Å². The van der Waals surface area contributed by atoms with Gasteiger partial charge < -0.3 is 15.4 Å². The first-order valence-electron chi connectivity index (χ1n) is 6.15. The van der Waals surface area contributed by atoms with Gasteiger partial charge in [-0.2, -0.15) is 0 Å². The predicted octanol–water partition coefficient (Wildman–Crippen LogP) is 1.70. The molecule has 1 saturated heterocycles. The summed E-state index contributed by atoms with van der Waals surface area (Å²) in [6, 6.07) is 7.66. The molecule has 0 spiro atoms. The van der Waals surface area contributed by atoms with Crippen LogP contribution in [0.5, 0.6) is 5.75 Å². The fraction of sp³-hybridized carbons (Fsp3) is 0.462. The molecule has 1 amide bonds. The Hall–Kier alpha value is -1.07. The van der Waals surface area contributed by atoms with E-state index in [9.17, 15) is 4.79 Å². The Labute approximate surface area is 115 Å². The minimum Gasteiger partial charge on any atom is -0.492 e. The Morgan fingerprint density at radius 2 is 2.39 bits per heavy atom. The number of amides is 1. The Balaban J connectivity index is 1.68. The van der Waals surface area contributed by atoms with Crippen molar-refractivity contribution in [2.24, 2.45) is 0 Å². The van der Waals surface area contributed by atoms with E-state index in [0.29, 0.717) is 13.2 Å². The number of hydrogen-bond donors (Lipinski definition) is 2. The van der Waals surface area contributed by atoms with Crippen LogP contribution in [0.4, 0.5) is 0 Å². The van der Waals surface area contributed by atoms with Crippen LogP contribution in [0.1, 0.15) is 12.8 Å². The van der Waals surface area contributed by atoms with E-state index >= 15 is 0 Å². The summed E-state index contributed by atoms with van der Waals surface area (Å²) in [7, 11) is 0. The van der Waals surface area contributed by atoms with Crippen molar-refractivity contribution < 1.29 is 9.53 Å². The summed E-state index contributed by atoms with van der Waals surface area (Å²) in [5.74, 6) is 0.933. The molecular formula is C13H17BrN2O2. The van der Waals surface area contributed by atoms with Crippen LogP contribution in [0.3, 0.4) is 0 Å². The highest BCUT2D eigenvalue weighted by atomic mass is 79.9. The monoisotopic (exact) mass is 312 g/mol. The number of carbonyl (C=O) groups is 1. The maximum Gasteiger partial charge on any atom is 0.237 e. The SMILES string of the molecule is O=C1NCCCC1NCCOc1cccc(Br)c1. The van der Waals surface area contributed by atoms with Crippen molar-refractivity contribution in [3.05, 3.63) is 28.7 Å². The van der Waals surface area contributed by atoms with E-state index in [0.717, 1.165) is 29.6 Å². The number of rotatable bonds is 5. The third-order valence-corrected chi connectivity index (χ3v) is 3.34. The summed E-state index contributed by atoms with van der Waals surface area (Å²) in [4.78, 5) is 11.5. The van der Waals surface area contributed by atoms with Crippen molar-refractivity contribution in [2.45, 2.75) is 18.9 Å². The van der Waals surface area contributed by atoms with Crippen molar-refractivity contribution in [3.63, 3.8) is 0 Å². The number of nitrogens with one attached hydrogen (secondary N) is 2. The van der Waals surface area contributed by atoms with Gasteiger partial charge in [-0.3, -0.25) is 4.79 Å². The van der Waals surface area contributed by atoms with Gasteiger partial charge in [0.25, 0.3) is 0 Å². The fourth-order valence-corrected chi connectivity index (χ4v) is 2.30. The molecule has 1 heterocycles. The van der Waals surface area contributed by atoms with Crippen LogP contribution in [-0.4, -0.2) is 31.6 Å². The van der Waals surface area contributed by atoms with Crippen LogP contribution >= 0.6 is 15.9 Å². The van der Waals surface area contributed by atoms with Crippen molar-refractivity contribution >= 4 is 21.8 Å². The number of piperidine rings is 1. The summed E-state index contributed by atoms with van der Waals surface area (Å²) >= 11 is 3.39. The molecule has 1 aliphatic rings. The van der Waals surface area contributed by atoms with E-state index in [1.54, 1.807) is 0 Å². The van der Waals surface area contributed by atoms with Crippen molar-refractivity contribution in [3.8, 4) is 5.75 Å². The average Bonchev–Trinajstić information content (AvgIpc) is 2.37. The van der Waals surface area contributed by atoms with Gasteiger partial charge in [0.15, 0.2) is 0 Å². The lowest BCUT2D eigenvalue weighted by Gasteiger charge is -2.22. The van der Waals surface area contributed by atoms with Gasteiger partial charge in [-0.1, -0.05) is 22.0 Å². The standard InChI is InChI=1S/C13H17BrN2O2/c14-10-3-1-4-11(9-10)18-8-7-15-12-5-2-6-16-13(12)17/h1,3-4,9,12,15H,2,5-8H2,(H,16,17). The molecule has 2 rings (SSSR count). The maximum absolute atomic E-state index is 11.5. The minimum absolute atomic E-state index is 0.0649. The molecule has 1 unspecified atom stereocenters. The maximum atomic E-state index is 11.5. The predicted molar refractivity (Wildman–Crippen MR) is 73.7 cm³/mol. The molecular weight excluding hydrogens is 296 g/mol. The second-order valence-corrected chi connectivity index (χ2v) is 5.16. The molecule has 0 saturated carbocycles. The van der Waals surface area contributed by atoms with E-state index < -0.39 is 0 Å². The lowest BCUT2D eigenvalue weighted by molar-refractivity contribution is -0.124. The first-order valence-corrected chi connectivity index (χ1v) is 6.94. The number of hydrogen-bond acceptors (Lipinski definition) is 3. The topological polar surface area (TPSA) is 50.4 Å². The van der Waals surface area contributed by atoms with Crippen LogP contribution in [0.25, 0.3) is 0 Å². The first kappa shape index (κ1) is 13.4. The van der Waals surface area contributed by atoms with Gasteiger partial charge in [-0.25, -0.2) is 0 Å². The number of benzene rings is 1. The Morgan fingerprint density at radius 3 is 3.17 bits per heavy atom. The third-order valence-electron chi connectivity index (χ3n) is 2.84. The summed E-state index contributed by atoms with van der Waals surface area (Å²) in [6.07, 6.45) is 1.94. The van der Waals surface area contributed by atoms with Gasteiger partial charge in [-0.05, 0) is 31.0 Å². The molecule has 1 aromatic rings. The summed E-state index contributed by atoms with van der Waals surface area (Å²) in [5.41, 5.74) is 0. The van der Waals surface area contributed by atoms with Crippen LogP contribution in [0.2, 0.25) is 0 Å². The second-order valence-electron chi connectivity index (χ2n) is 4.25. The highest BCUT2D eigenvalue weighted by Gasteiger charge is 2.20. The van der Waals surface area contributed by atoms with Crippen LogP contribution in [0, 0.1) is 0 Å². The lowest BCUT2D eigenvalue weighted by Crippen LogP contribution is -2.49. The first-order chi connectivity index (χ1) is 8.75. The van der Waals surface area contributed by atoms with Gasteiger partial charge in [0, 0.05) is 17.6 Å². The van der Waals surface area contributed by atoms with Crippen LogP contribution in [-0.2, 0) is 4.79 Å². The molecule has 2 N–H and O–H groups in total. The smallest absolute Gasteiger partial charge is 0.237 e. The Morgan fingerprint density at radius 1 is 1.50 bits per heavy atom. The van der Waals surface area contributed by atoms with Crippen molar-refractivity contribution in [1.29, 1.82) is 0 Å². The highest BCUT2D eigenvalue weighted by Crippen LogP contribution is 2.17. The molecule has 0 aromatic heterocycles. The molecule has 1 fully saturated rings. The molecule has 4 nitrogen and oxygen atoms in total. The Kier molecular flexibility index (Phi) is 5.01. The van der Waals surface area contributed by atoms with Crippen LogP contribution < -0.4 is 15.4 Å². The molecule has 0 radical (unpaired) electrons. The number of ether oxygens (including phenoxy) is 1. The minimum atomic E-state index is -0.0649. The molecule has 0 aliphatic carbocycles. The molecule has 98 valence electrons. The zero-order valence-electron chi connectivity index (χ0n) is 10.1. The van der Waals surface area contributed by atoms with E-state index in [1.165, 1.54) is 0 Å². The summed E-state index contributed by atoms with van der Waals surface area (Å²) in [6.45, 7) is 2.02. The van der Waals surface area contributed by atoms with Crippen LogP contribution in [0.15, 0.2) is 28.7 Å². The zero-order valence-corrected chi connectivity index (χ0v) is 11.7. The van der Waals surface area contributed by atoms with Gasteiger partial charge in [0.2, 0.25) is 5.91 Å². The average molecular weight is 313 g/mol. The molecule has 18 heavy (non-hydrogen) atoms. The van der Waals surface area contributed by atoms with Gasteiger partial charge >= 0.3 is 0 Å². The molecule has 1 atom stereocenters. The molecule has 1 aliphatic heterocycles. The van der Waals surface area contributed by atoms with E-state index in [1.807, 2.05) is 24.3 Å². The van der Waals surface area contributed by atoms with Gasteiger partial charge in [0.1, 0.15) is 12.4 Å². The third kappa shape index (κ3) is 3.99. The van der Waals surface area contributed by atoms with Gasteiger partial charge in [-0.15, -0.1) is 0 Å². The van der Waals surface area contributed by atoms with Crippen molar-refractivity contribution in [2.75, 3.05) is 19.7 Å². The molecule has 5 heteroatoms. The summed E-state index contributed by atoms with van der Waals surface area (Å²) in [5, 5.41) is 6.06. The van der Waals surface area contributed by atoms with E-state index in [2.05, 4.69) is 26.6 Å².